The predicted molar refractivity (Wildman–Crippen MR) is 76.6 cm³/mol. The number of hydrogen-bond donors (Lipinski definition) is 1. The van der Waals surface area contributed by atoms with Gasteiger partial charge in [-0.25, -0.2) is 0 Å². The Hall–Kier alpha value is 0.1000. The first kappa shape index (κ1) is 13.5. The second-order valence-corrected chi connectivity index (χ2v) is 7.06. The van der Waals surface area contributed by atoms with Gasteiger partial charge >= 0.3 is 0 Å². The van der Waals surface area contributed by atoms with Gasteiger partial charge in [-0.1, -0.05) is 19.3 Å². The van der Waals surface area contributed by atoms with Crippen molar-refractivity contribution in [1.29, 1.82) is 0 Å². The minimum atomic E-state index is 0.529. The molecule has 0 aromatic carbocycles. The van der Waals surface area contributed by atoms with E-state index in [4.69, 9.17) is 4.74 Å². The van der Waals surface area contributed by atoms with Crippen LogP contribution in [0, 0.1) is 0 Å². The Bertz CT molecular complexity index is 323. The molecule has 0 amide bonds. The Kier molecular flexibility index (Phi) is 5.98. The fourth-order valence-electron chi connectivity index (χ4n) is 2.19. The number of nitrogens with one attached hydrogen (secondary N) is 1. The van der Waals surface area contributed by atoms with Crippen LogP contribution in [0.4, 0.5) is 0 Å². The van der Waals surface area contributed by atoms with Crippen LogP contribution in [-0.4, -0.2) is 19.3 Å². The molecule has 0 spiro atoms. The van der Waals surface area contributed by atoms with E-state index in [0.29, 0.717) is 6.10 Å². The number of thiophene rings is 1. The van der Waals surface area contributed by atoms with E-state index in [1.165, 1.54) is 40.8 Å². The first-order valence-corrected chi connectivity index (χ1v) is 8.02. The highest BCUT2D eigenvalue weighted by atomic mass is 79.9. The fourth-order valence-corrected chi connectivity index (χ4v) is 3.64. The van der Waals surface area contributed by atoms with Crippen LogP contribution in [0.2, 0.25) is 0 Å². The Labute approximate surface area is 116 Å². The van der Waals surface area contributed by atoms with Crippen LogP contribution in [0.5, 0.6) is 0 Å². The summed E-state index contributed by atoms with van der Waals surface area (Å²) < 4.78 is 7.06. The van der Waals surface area contributed by atoms with Gasteiger partial charge in [0, 0.05) is 18.0 Å². The van der Waals surface area contributed by atoms with Gasteiger partial charge in [0.1, 0.15) is 0 Å². The average molecular weight is 318 g/mol. The Morgan fingerprint density at radius 3 is 2.82 bits per heavy atom. The molecule has 0 aliphatic heterocycles. The van der Waals surface area contributed by atoms with Crippen LogP contribution in [-0.2, 0) is 11.3 Å². The van der Waals surface area contributed by atoms with Crippen molar-refractivity contribution in [3.8, 4) is 0 Å². The molecule has 96 valence electrons. The number of ether oxygens (including phenoxy) is 1. The van der Waals surface area contributed by atoms with E-state index in [1.807, 2.05) is 0 Å². The number of rotatable bonds is 6. The van der Waals surface area contributed by atoms with Crippen molar-refractivity contribution in [2.75, 3.05) is 13.2 Å². The van der Waals surface area contributed by atoms with Crippen molar-refractivity contribution in [2.24, 2.45) is 0 Å². The van der Waals surface area contributed by atoms with Gasteiger partial charge in [-0.3, -0.25) is 0 Å². The molecule has 0 saturated heterocycles. The third kappa shape index (κ3) is 5.08. The zero-order chi connectivity index (χ0) is 11.9. The Morgan fingerprint density at radius 1 is 1.29 bits per heavy atom. The van der Waals surface area contributed by atoms with Crippen molar-refractivity contribution < 1.29 is 4.74 Å². The normalized spacial score (nSPS) is 17.5. The third-order valence-electron chi connectivity index (χ3n) is 3.11. The highest BCUT2D eigenvalue weighted by molar-refractivity contribution is 9.11. The zero-order valence-corrected chi connectivity index (χ0v) is 12.5. The second-order valence-electron chi connectivity index (χ2n) is 4.51. The quantitative estimate of drug-likeness (QED) is 0.802. The fraction of sp³-hybridized carbons (Fsp3) is 0.692. The molecular weight excluding hydrogens is 298 g/mol. The molecule has 1 aromatic rings. The minimum absolute atomic E-state index is 0.529. The monoisotopic (exact) mass is 317 g/mol. The van der Waals surface area contributed by atoms with Gasteiger partial charge in [0.15, 0.2) is 0 Å². The predicted octanol–water partition coefficient (Wildman–Crippen LogP) is 3.95. The molecule has 1 aliphatic carbocycles. The molecule has 0 radical (unpaired) electrons. The van der Waals surface area contributed by atoms with E-state index in [2.05, 4.69) is 33.4 Å². The summed E-state index contributed by atoms with van der Waals surface area (Å²) in [6.07, 6.45) is 7.14. The minimum Gasteiger partial charge on any atom is -0.377 e. The van der Waals surface area contributed by atoms with Crippen LogP contribution in [0.3, 0.4) is 0 Å². The van der Waals surface area contributed by atoms with Crippen LogP contribution in [0.15, 0.2) is 15.9 Å². The van der Waals surface area contributed by atoms with E-state index in [1.54, 1.807) is 11.3 Å². The highest BCUT2D eigenvalue weighted by Crippen LogP contribution is 2.22. The topological polar surface area (TPSA) is 21.3 Å². The van der Waals surface area contributed by atoms with E-state index in [-0.39, 0.29) is 0 Å². The van der Waals surface area contributed by atoms with Crippen molar-refractivity contribution in [1.82, 2.24) is 5.32 Å². The average Bonchev–Trinajstić information content (AvgIpc) is 2.76. The van der Waals surface area contributed by atoms with E-state index in [9.17, 15) is 0 Å². The van der Waals surface area contributed by atoms with Crippen molar-refractivity contribution in [3.05, 3.63) is 20.8 Å². The summed E-state index contributed by atoms with van der Waals surface area (Å²) in [4.78, 5) is 1.37. The summed E-state index contributed by atoms with van der Waals surface area (Å²) >= 11 is 5.26. The molecule has 1 fully saturated rings. The van der Waals surface area contributed by atoms with Gasteiger partial charge in [-0.2, -0.15) is 0 Å². The summed E-state index contributed by atoms with van der Waals surface area (Å²) in [6.45, 7) is 2.74. The van der Waals surface area contributed by atoms with Crippen molar-refractivity contribution in [2.45, 2.75) is 44.8 Å². The molecule has 1 aromatic heterocycles. The van der Waals surface area contributed by atoms with E-state index >= 15 is 0 Å². The summed E-state index contributed by atoms with van der Waals surface area (Å²) in [5, 5.41) is 3.42. The molecule has 2 nitrogen and oxygen atoms in total. The van der Waals surface area contributed by atoms with Crippen LogP contribution >= 0.6 is 27.3 Å². The molecule has 1 heterocycles. The maximum Gasteiger partial charge on any atom is 0.0701 e. The van der Waals surface area contributed by atoms with Gasteiger partial charge in [-0.05, 0) is 40.9 Å². The highest BCUT2D eigenvalue weighted by Gasteiger charge is 2.12. The van der Waals surface area contributed by atoms with E-state index in [0.717, 1.165) is 19.7 Å². The summed E-state index contributed by atoms with van der Waals surface area (Å²) in [5.74, 6) is 0. The second kappa shape index (κ2) is 7.52. The lowest BCUT2D eigenvalue weighted by Crippen LogP contribution is -2.24. The van der Waals surface area contributed by atoms with Gasteiger partial charge in [0.05, 0.1) is 16.5 Å². The smallest absolute Gasteiger partial charge is 0.0701 e. The van der Waals surface area contributed by atoms with Crippen molar-refractivity contribution >= 4 is 27.3 Å². The molecule has 1 N–H and O–H groups in total. The van der Waals surface area contributed by atoms with Crippen LogP contribution in [0.1, 0.15) is 37.0 Å². The summed E-state index contributed by atoms with van der Waals surface area (Å²) in [7, 11) is 0. The molecule has 0 atom stereocenters. The molecular formula is C13H20BrNOS. The third-order valence-corrected chi connectivity index (χ3v) is 4.74. The largest absolute Gasteiger partial charge is 0.377 e. The molecule has 1 aliphatic rings. The lowest BCUT2D eigenvalue weighted by atomic mass is 9.98. The molecule has 0 bridgehead atoms. The first-order valence-electron chi connectivity index (χ1n) is 6.41. The lowest BCUT2D eigenvalue weighted by Gasteiger charge is -2.21. The van der Waals surface area contributed by atoms with Gasteiger partial charge < -0.3 is 10.1 Å². The van der Waals surface area contributed by atoms with Crippen LogP contribution < -0.4 is 5.32 Å². The Morgan fingerprint density at radius 2 is 2.12 bits per heavy atom. The van der Waals surface area contributed by atoms with Crippen molar-refractivity contribution in [3.63, 3.8) is 0 Å². The zero-order valence-electron chi connectivity index (χ0n) is 10.1. The lowest BCUT2D eigenvalue weighted by molar-refractivity contribution is 0.0302. The van der Waals surface area contributed by atoms with Crippen LogP contribution in [0.25, 0.3) is 0 Å². The summed E-state index contributed by atoms with van der Waals surface area (Å²) in [5.41, 5.74) is 0. The maximum absolute atomic E-state index is 5.86. The summed E-state index contributed by atoms with van der Waals surface area (Å²) in [6, 6.07) is 4.25. The molecule has 2 rings (SSSR count). The number of halogens is 1. The van der Waals surface area contributed by atoms with Gasteiger partial charge in [0.2, 0.25) is 0 Å². The van der Waals surface area contributed by atoms with Gasteiger partial charge in [-0.15, -0.1) is 11.3 Å². The Balaban J connectivity index is 1.51. The number of hydrogen-bond acceptors (Lipinski definition) is 3. The molecule has 0 unspecified atom stereocenters. The van der Waals surface area contributed by atoms with E-state index < -0.39 is 0 Å². The SMILES string of the molecule is Brc1ccc(CNCCOC2CCCCC2)s1. The molecule has 4 heteroatoms. The van der Waals surface area contributed by atoms with Gasteiger partial charge in [0.25, 0.3) is 0 Å². The first-order chi connectivity index (χ1) is 8.34. The maximum atomic E-state index is 5.86. The molecule has 1 saturated carbocycles. The standard InChI is InChI=1S/C13H20BrNOS/c14-13-7-6-12(17-13)10-15-8-9-16-11-4-2-1-3-5-11/h6-7,11,15H,1-5,8-10H2. The molecule has 17 heavy (non-hydrogen) atoms.